The topological polar surface area (TPSA) is 55.6 Å². The van der Waals surface area contributed by atoms with Crippen LogP contribution in [0.25, 0.3) is 10.2 Å². The average Bonchev–Trinajstić information content (AvgIpc) is 2.88. The maximum Gasteiger partial charge on any atom is 0.138 e. The molecule has 3 aromatic rings. The monoisotopic (exact) mass is 299 g/mol. The zero-order valence-electron chi connectivity index (χ0n) is 12.1. The summed E-state index contributed by atoms with van der Waals surface area (Å²) in [5.74, 6) is 1.77. The summed E-state index contributed by atoms with van der Waals surface area (Å²) in [5.41, 5.74) is 1.36. The Morgan fingerprint density at radius 3 is 2.90 bits per heavy atom. The van der Waals surface area contributed by atoms with Crippen LogP contribution >= 0.6 is 11.3 Å². The van der Waals surface area contributed by atoms with E-state index in [1.54, 1.807) is 11.3 Å². The van der Waals surface area contributed by atoms with Gasteiger partial charge in [0.25, 0.3) is 0 Å². The van der Waals surface area contributed by atoms with Gasteiger partial charge in [-0.3, -0.25) is 4.68 Å². The van der Waals surface area contributed by atoms with Crippen molar-refractivity contribution in [1.82, 2.24) is 19.7 Å². The van der Waals surface area contributed by atoms with E-state index in [0.717, 1.165) is 41.2 Å². The van der Waals surface area contributed by atoms with E-state index in [2.05, 4.69) is 37.4 Å². The van der Waals surface area contributed by atoms with E-state index in [1.165, 1.54) is 5.56 Å². The van der Waals surface area contributed by atoms with Crippen LogP contribution in [0.1, 0.15) is 24.2 Å². The molecule has 4 rings (SSSR count). The van der Waals surface area contributed by atoms with E-state index in [-0.39, 0.29) is 5.54 Å². The molecule has 1 fully saturated rings. The Hall–Kier alpha value is -1.95. The fraction of sp³-hybridized carbons (Fsp3) is 0.400. The lowest BCUT2D eigenvalue weighted by molar-refractivity contribution is 0.453. The van der Waals surface area contributed by atoms with Gasteiger partial charge in [-0.1, -0.05) is 0 Å². The van der Waals surface area contributed by atoms with Crippen LogP contribution in [0.15, 0.2) is 23.8 Å². The molecule has 1 saturated carbocycles. The molecule has 3 heterocycles. The highest BCUT2D eigenvalue weighted by Crippen LogP contribution is 2.43. The molecule has 1 aliphatic rings. The zero-order valence-corrected chi connectivity index (χ0v) is 12.9. The molecule has 21 heavy (non-hydrogen) atoms. The van der Waals surface area contributed by atoms with Gasteiger partial charge in [0, 0.05) is 18.9 Å². The van der Waals surface area contributed by atoms with Crippen molar-refractivity contribution in [1.29, 1.82) is 0 Å². The minimum absolute atomic E-state index is 0.124. The minimum atomic E-state index is 0.124. The number of aromatic nitrogens is 4. The quantitative estimate of drug-likeness (QED) is 0.804. The lowest BCUT2D eigenvalue weighted by Gasteiger charge is -2.18. The zero-order chi connectivity index (χ0) is 14.4. The number of fused-ring (bicyclic) bond motifs is 1. The first-order valence-corrected chi connectivity index (χ1v) is 8.02. The molecule has 0 aliphatic heterocycles. The van der Waals surface area contributed by atoms with Crippen molar-refractivity contribution >= 4 is 27.4 Å². The normalized spacial score (nSPS) is 16.3. The van der Waals surface area contributed by atoms with Gasteiger partial charge in [0.15, 0.2) is 0 Å². The van der Waals surface area contributed by atoms with Crippen LogP contribution in [0.3, 0.4) is 0 Å². The van der Waals surface area contributed by atoms with Gasteiger partial charge >= 0.3 is 0 Å². The van der Waals surface area contributed by atoms with Crippen molar-refractivity contribution in [3.63, 3.8) is 0 Å². The van der Waals surface area contributed by atoms with Crippen molar-refractivity contribution in [2.75, 3.05) is 11.9 Å². The summed E-state index contributed by atoms with van der Waals surface area (Å²) < 4.78 is 2.08. The molecule has 5 nitrogen and oxygen atoms in total. The van der Waals surface area contributed by atoms with Crippen LogP contribution in [0.4, 0.5) is 5.82 Å². The summed E-state index contributed by atoms with van der Waals surface area (Å²) in [6.45, 7) is 4.92. The molecule has 6 heteroatoms. The second-order valence-electron chi connectivity index (χ2n) is 5.75. The number of nitrogens with one attached hydrogen (secondary N) is 1. The molecule has 0 bridgehead atoms. The molecule has 1 aliphatic carbocycles. The minimum Gasteiger partial charge on any atom is -0.367 e. The van der Waals surface area contributed by atoms with Gasteiger partial charge in [0.05, 0.1) is 10.9 Å². The van der Waals surface area contributed by atoms with E-state index in [0.29, 0.717) is 0 Å². The van der Waals surface area contributed by atoms with Crippen LogP contribution in [-0.4, -0.2) is 26.3 Å². The first-order chi connectivity index (χ1) is 10.2. The fourth-order valence-corrected chi connectivity index (χ4v) is 3.71. The van der Waals surface area contributed by atoms with Crippen molar-refractivity contribution in [3.8, 4) is 0 Å². The maximum atomic E-state index is 4.60. The van der Waals surface area contributed by atoms with Crippen molar-refractivity contribution in [2.24, 2.45) is 0 Å². The second-order valence-corrected chi connectivity index (χ2v) is 6.60. The van der Waals surface area contributed by atoms with Crippen molar-refractivity contribution in [2.45, 2.75) is 32.2 Å². The Kier molecular flexibility index (Phi) is 2.75. The molecule has 1 N–H and O–H groups in total. The highest BCUT2D eigenvalue weighted by molar-refractivity contribution is 7.17. The summed E-state index contributed by atoms with van der Waals surface area (Å²) in [5, 5.41) is 11.2. The van der Waals surface area contributed by atoms with Gasteiger partial charge in [-0.25, -0.2) is 9.97 Å². The van der Waals surface area contributed by atoms with Gasteiger partial charge in [-0.15, -0.1) is 11.3 Å². The third kappa shape index (κ3) is 2.10. The third-order valence-corrected chi connectivity index (χ3v) is 5.12. The Morgan fingerprint density at radius 2 is 2.19 bits per heavy atom. The van der Waals surface area contributed by atoms with E-state index >= 15 is 0 Å². The van der Waals surface area contributed by atoms with E-state index in [9.17, 15) is 0 Å². The molecule has 0 aromatic carbocycles. The summed E-state index contributed by atoms with van der Waals surface area (Å²) in [7, 11) is 0. The second kappa shape index (κ2) is 4.53. The Bertz CT molecular complexity index is 786. The SMILES string of the molecule is Cc1nc(NCC2(n3cccn3)CC2)c2c(C)csc2n1. The largest absolute Gasteiger partial charge is 0.367 e. The standard InChI is InChI=1S/C15H17N5S/c1-10-8-21-14-12(10)13(18-11(2)19-14)16-9-15(4-5-15)20-7-3-6-17-20/h3,6-8H,4-5,9H2,1-2H3,(H,16,18,19). The molecular formula is C15H17N5S. The molecule has 0 saturated heterocycles. The van der Waals surface area contributed by atoms with Gasteiger partial charge < -0.3 is 5.32 Å². The van der Waals surface area contributed by atoms with Crippen molar-refractivity contribution in [3.05, 3.63) is 35.2 Å². The van der Waals surface area contributed by atoms with Gasteiger partial charge in [0.1, 0.15) is 16.5 Å². The number of nitrogens with zero attached hydrogens (tertiary/aromatic N) is 4. The molecule has 0 amide bonds. The first-order valence-electron chi connectivity index (χ1n) is 7.14. The number of anilines is 1. The first kappa shape index (κ1) is 12.8. The van der Waals surface area contributed by atoms with E-state index in [1.807, 2.05) is 25.4 Å². The summed E-state index contributed by atoms with van der Waals surface area (Å²) in [6, 6.07) is 1.98. The van der Waals surface area contributed by atoms with Crippen LogP contribution in [-0.2, 0) is 5.54 Å². The number of rotatable bonds is 4. The molecular weight excluding hydrogens is 282 g/mol. The third-order valence-electron chi connectivity index (χ3n) is 4.13. The molecule has 108 valence electrons. The number of hydrogen-bond donors (Lipinski definition) is 1. The van der Waals surface area contributed by atoms with Gasteiger partial charge in [-0.05, 0) is 43.7 Å². The Labute approximate surface area is 127 Å². The number of hydrogen-bond acceptors (Lipinski definition) is 5. The predicted molar refractivity (Wildman–Crippen MR) is 84.8 cm³/mol. The highest BCUT2D eigenvalue weighted by atomic mass is 32.1. The van der Waals surface area contributed by atoms with Crippen molar-refractivity contribution < 1.29 is 0 Å². The Balaban J connectivity index is 1.65. The molecule has 0 radical (unpaired) electrons. The smallest absolute Gasteiger partial charge is 0.138 e. The highest BCUT2D eigenvalue weighted by Gasteiger charge is 2.45. The molecule has 0 spiro atoms. The van der Waals surface area contributed by atoms with Crippen LogP contribution in [0.5, 0.6) is 0 Å². The Morgan fingerprint density at radius 1 is 1.33 bits per heavy atom. The van der Waals surface area contributed by atoms with E-state index < -0.39 is 0 Å². The van der Waals surface area contributed by atoms with Crippen LogP contribution in [0, 0.1) is 13.8 Å². The van der Waals surface area contributed by atoms with E-state index in [4.69, 9.17) is 0 Å². The summed E-state index contributed by atoms with van der Waals surface area (Å²) in [6.07, 6.45) is 6.22. The number of thiophene rings is 1. The number of aryl methyl sites for hydroxylation is 2. The molecule has 0 unspecified atom stereocenters. The molecule has 0 atom stereocenters. The van der Waals surface area contributed by atoms with Gasteiger partial charge in [-0.2, -0.15) is 5.10 Å². The average molecular weight is 299 g/mol. The lowest BCUT2D eigenvalue weighted by atomic mass is 10.2. The molecule has 3 aromatic heterocycles. The van der Waals surface area contributed by atoms with Gasteiger partial charge in [0.2, 0.25) is 0 Å². The lowest BCUT2D eigenvalue weighted by Crippen LogP contribution is -2.27. The van der Waals surface area contributed by atoms with Crippen LogP contribution < -0.4 is 5.32 Å². The summed E-state index contributed by atoms with van der Waals surface area (Å²) >= 11 is 1.68. The summed E-state index contributed by atoms with van der Waals surface area (Å²) in [4.78, 5) is 10.2. The maximum absolute atomic E-state index is 4.60. The van der Waals surface area contributed by atoms with Crippen LogP contribution in [0.2, 0.25) is 0 Å². The fourth-order valence-electron chi connectivity index (χ4n) is 2.75. The predicted octanol–water partition coefficient (Wildman–Crippen LogP) is 3.11.